The van der Waals surface area contributed by atoms with Gasteiger partial charge in [-0.05, 0) is 26.3 Å². The van der Waals surface area contributed by atoms with Crippen molar-refractivity contribution in [3.05, 3.63) is 0 Å². The highest BCUT2D eigenvalue weighted by Gasteiger charge is 2.37. The van der Waals surface area contributed by atoms with Gasteiger partial charge >= 0.3 is 0 Å². The van der Waals surface area contributed by atoms with E-state index in [0.29, 0.717) is 0 Å². The molecule has 3 aliphatic heterocycles. The summed E-state index contributed by atoms with van der Waals surface area (Å²) in [6.07, 6.45) is 4.31. The maximum Gasteiger partial charge on any atom is 0.0349 e. The van der Waals surface area contributed by atoms with Crippen LogP contribution in [0.15, 0.2) is 0 Å². The van der Waals surface area contributed by atoms with Gasteiger partial charge in [0, 0.05) is 44.3 Å². The van der Waals surface area contributed by atoms with Crippen LogP contribution in [0.1, 0.15) is 26.2 Å². The summed E-state index contributed by atoms with van der Waals surface area (Å²) in [4.78, 5) is 5.49. The lowest BCUT2D eigenvalue weighted by atomic mass is 9.95. The number of hydrogen-bond acceptors (Lipinski definition) is 3. The van der Waals surface area contributed by atoms with Gasteiger partial charge in [-0.2, -0.15) is 0 Å². The van der Waals surface area contributed by atoms with Gasteiger partial charge in [0.05, 0.1) is 0 Å². The van der Waals surface area contributed by atoms with Crippen LogP contribution in [0.2, 0.25) is 0 Å². The molecule has 1 N–H and O–H groups in total. The van der Waals surface area contributed by atoms with Gasteiger partial charge in [-0.15, -0.1) is 0 Å². The van der Waals surface area contributed by atoms with Crippen molar-refractivity contribution in [1.82, 2.24) is 15.1 Å². The number of fused-ring (bicyclic) bond motifs is 1. The third-order valence-electron chi connectivity index (χ3n) is 4.46. The Labute approximate surface area is 92.8 Å². The molecule has 3 saturated heterocycles. The number of hydrogen-bond donors (Lipinski definition) is 1. The summed E-state index contributed by atoms with van der Waals surface area (Å²) >= 11 is 0. The number of piperazine rings is 1. The molecule has 15 heavy (non-hydrogen) atoms. The zero-order valence-electron chi connectivity index (χ0n) is 9.78. The minimum Gasteiger partial charge on any atom is -0.314 e. The fraction of sp³-hybridized carbons (Fsp3) is 1.00. The molecule has 2 unspecified atom stereocenters. The molecule has 0 aliphatic carbocycles. The van der Waals surface area contributed by atoms with Gasteiger partial charge in [0.25, 0.3) is 0 Å². The van der Waals surface area contributed by atoms with E-state index < -0.39 is 0 Å². The van der Waals surface area contributed by atoms with E-state index in [4.69, 9.17) is 0 Å². The van der Waals surface area contributed by atoms with E-state index in [2.05, 4.69) is 22.0 Å². The maximum atomic E-state index is 3.40. The minimum absolute atomic E-state index is 0.770. The molecule has 86 valence electrons. The number of piperidine rings is 1. The van der Waals surface area contributed by atoms with Crippen molar-refractivity contribution < 1.29 is 0 Å². The Balaban J connectivity index is 1.65. The highest BCUT2D eigenvalue weighted by molar-refractivity contribution is 4.95. The second-order valence-electron chi connectivity index (χ2n) is 5.50. The predicted molar refractivity (Wildman–Crippen MR) is 62.0 cm³/mol. The van der Waals surface area contributed by atoms with Crippen LogP contribution in [0, 0.1) is 0 Å². The van der Waals surface area contributed by atoms with Gasteiger partial charge in [0.15, 0.2) is 0 Å². The first kappa shape index (κ1) is 10.1. The summed E-state index contributed by atoms with van der Waals surface area (Å²) in [5, 5.41) is 3.40. The fourth-order valence-electron chi connectivity index (χ4n) is 3.39. The van der Waals surface area contributed by atoms with Crippen LogP contribution < -0.4 is 5.32 Å². The Kier molecular flexibility index (Phi) is 2.71. The van der Waals surface area contributed by atoms with Crippen molar-refractivity contribution in [3.63, 3.8) is 0 Å². The molecule has 0 spiro atoms. The van der Waals surface area contributed by atoms with Crippen LogP contribution in [0.25, 0.3) is 0 Å². The fourth-order valence-corrected chi connectivity index (χ4v) is 3.39. The van der Waals surface area contributed by atoms with Crippen LogP contribution in [0.3, 0.4) is 0 Å². The van der Waals surface area contributed by atoms with Crippen LogP contribution in [-0.2, 0) is 0 Å². The van der Waals surface area contributed by atoms with Crippen LogP contribution in [0.5, 0.6) is 0 Å². The third-order valence-corrected chi connectivity index (χ3v) is 4.46. The standard InChI is InChI=1S/C12H23N3/c1-10-8-14-5-3-2-4-11(14)9-15(10)12-6-13-7-12/h10-13H,2-9H2,1H3. The van der Waals surface area contributed by atoms with Crippen molar-refractivity contribution in [2.75, 3.05) is 32.7 Å². The molecule has 3 nitrogen and oxygen atoms in total. The number of nitrogens with zero attached hydrogens (tertiary/aromatic N) is 2. The maximum absolute atomic E-state index is 3.40. The van der Waals surface area contributed by atoms with E-state index in [1.165, 1.54) is 52.0 Å². The zero-order valence-corrected chi connectivity index (χ0v) is 9.78. The van der Waals surface area contributed by atoms with Crippen molar-refractivity contribution in [2.24, 2.45) is 0 Å². The highest BCUT2D eigenvalue weighted by atomic mass is 15.3. The van der Waals surface area contributed by atoms with Gasteiger partial charge in [-0.1, -0.05) is 6.42 Å². The van der Waals surface area contributed by atoms with E-state index in [9.17, 15) is 0 Å². The molecule has 0 saturated carbocycles. The summed E-state index contributed by atoms with van der Waals surface area (Å²) in [6, 6.07) is 2.48. The molecule has 2 atom stereocenters. The smallest absolute Gasteiger partial charge is 0.0349 e. The molecule has 0 aromatic rings. The van der Waals surface area contributed by atoms with Crippen molar-refractivity contribution in [2.45, 2.75) is 44.3 Å². The largest absolute Gasteiger partial charge is 0.314 e. The molecule has 0 amide bonds. The molecule has 0 radical (unpaired) electrons. The van der Waals surface area contributed by atoms with E-state index in [1.807, 2.05) is 0 Å². The predicted octanol–water partition coefficient (Wildman–Crippen LogP) is 0.517. The quantitative estimate of drug-likeness (QED) is 0.679. The molecule has 0 aromatic heterocycles. The molecule has 3 heterocycles. The second-order valence-corrected chi connectivity index (χ2v) is 5.50. The Morgan fingerprint density at radius 3 is 2.67 bits per heavy atom. The van der Waals surface area contributed by atoms with E-state index in [-0.39, 0.29) is 0 Å². The first-order valence-corrected chi connectivity index (χ1v) is 6.55. The third kappa shape index (κ3) is 1.81. The van der Waals surface area contributed by atoms with Crippen LogP contribution in [-0.4, -0.2) is 60.6 Å². The van der Waals surface area contributed by atoms with Gasteiger partial charge in [-0.3, -0.25) is 9.80 Å². The average Bonchev–Trinajstić information content (AvgIpc) is 2.16. The first-order chi connectivity index (χ1) is 7.34. The molecular formula is C12H23N3. The Morgan fingerprint density at radius 2 is 1.93 bits per heavy atom. The van der Waals surface area contributed by atoms with Gasteiger partial charge in [-0.25, -0.2) is 0 Å². The zero-order chi connectivity index (χ0) is 10.3. The van der Waals surface area contributed by atoms with Crippen LogP contribution >= 0.6 is 0 Å². The highest BCUT2D eigenvalue weighted by Crippen LogP contribution is 2.25. The minimum atomic E-state index is 0.770. The summed E-state index contributed by atoms with van der Waals surface area (Å²) in [6.45, 7) is 8.83. The second kappa shape index (κ2) is 4.04. The summed E-state index contributed by atoms with van der Waals surface area (Å²) in [5.74, 6) is 0. The van der Waals surface area contributed by atoms with Gasteiger partial charge in [0.2, 0.25) is 0 Å². The molecule has 0 aromatic carbocycles. The molecule has 3 rings (SSSR count). The van der Waals surface area contributed by atoms with Gasteiger partial charge < -0.3 is 5.32 Å². The molecule has 0 bridgehead atoms. The average molecular weight is 209 g/mol. The van der Waals surface area contributed by atoms with E-state index >= 15 is 0 Å². The monoisotopic (exact) mass is 209 g/mol. The summed E-state index contributed by atoms with van der Waals surface area (Å²) < 4.78 is 0. The summed E-state index contributed by atoms with van der Waals surface area (Å²) in [7, 11) is 0. The van der Waals surface area contributed by atoms with Crippen molar-refractivity contribution in [1.29, 1.82) is 0 Å². The SMILES string of the molecule is CC1CN2CCCCC2CN1C1CNC1. The molecule has 3 fully saturated rings. The first-order valence-electron chi connectivity index (χ1n) is 6.55. The topological polar surface area (TPSA) is 18.5 Å². The summed E-state index contributed by atoms with van der Waals surface area (Å²) in [5.41, 5.74) is 0. The molecule has 3 aliphatic rings. The Bertz CT molecular complexity index is 227. The van der Waals surface area contributed by atoms with Gasteiger partial charge in [0.1, 0.15) is 0 Å². The van der Waals surface area contributed by atoms with E-state index in [1.54, 1.807) is 0 Å². The molecular weight excluding hydrogens is 186 g/mol. The Morgan fingerprint density at radius 1 is 1.07 bits per heavy atom. The Hall–Kier alpha value is -0.120. The van der Waals surface area contributed by atoms with Crippen molar-refractivity contribution in [3.8, 4) is 0 Å². The molecule has 3 heteroatoms. The van der Waals surface area contributed by atoms with Crippen molar-refractivity contribution >= 4 is 0 Å². The lowest BCUT2D eigenvalue weighted by Crippen LogP contribution is -2.67. The van der Waals surface area contributed by atoms with Crippen LogP contribution in [0.4, 0.5) is 0 Å². The van der Waals surface area contributed by atoms with E-state index in [0.717, 1.165) is 18.1 Å². The number of nitrogens with one attached hydrogen (secondary N) is 1. The normalized spacial score (nSPS) is 39.8. The lowest BCUT2D eigenvalue weighted by molar-refractivity contribution is -0.0194. The lowest BCUT2D eigenvalue weighted by Gasteiger charge is -2.52. The number of rotatable bonds is 1.